The van der Waals surface area contributed by atoms with Gasteiger partial charge in [0, 0.05) is 11.6 Å². The summed E-state index contributed by atoms with van der Waals surface area (Å²) in [7, 11) is 1.41. The molecule has 7 heteroatoms. The number of carbonyl (C=O) groups is 2. The smallest absolute Gasteiger partial charge is 0.347 e. The summed E-state index contributed by atoms with van der Waals surface area (Å²) < 4.78 is 31.6. The SMILES string of the molecule is COc1cc(OCc2ccccc2)cc(C)c1C(=O)Oc1c(C)c(C)c(C(=O)O)c(C)c1F. The van der Waals surface area contributed by atoms with Crippen molar-refractivity contribution in [3.05, 3.63) is 87.2 Å². The lowest BCUT2D eigenvalue weighted by atomic mass is 9.96. The van der Waals surface area contributed by atoms with Gasteiger partial charge in [-0.2, -0.15) is 0 Å². The number of esters is 1. The van der Waals surface area contributed by atoms with Gasteiger partial charge in [-0.1, -0.05) is 30.3 Å². The number of methoxy groups -OCH3 is 1. The van der Waals surface area contributed by atoms with E-state index in [1.54, 1.807) is 26.0 Å². The maximum atomic E-state index is 15.0. The average Bonchev–Trinajstić information content (AvgIpc) is 2.79. The van der Waals surface area contributed by atoms with Crippen molar-refractivity contribution in [2.75, 3.05) is 7.11 Å². The van der Waals surface area contributed by atoms with Gasteiger partial charge in [-0.25, -0.2) is 14.0 Å². The molecule has 0 aliphatic rings. The largest absolute Gasteiger partial charge is 0.496 e. The highest BCUT2D eigenvalue weighted by Crippen LogP contribution is 2.35. The number of hydrogen-bond acceptors (Lipinski definition) is 5. The fourth-order valence-corrected chi connectivity index (χ4v) is 3.64. The predicted octanol–water partition coefficient (Wildman–Crippen LogP) is 5.56. The minimum atomic E-state index is -1.24. The molecule has 0 aliphatic heterocycles. The molecule has 3 aromatic carbocycles. The third-order valence-electron chi connectivity index (χ3n) is 5.54. The zero-order chi connectivity index (χ0) is 24.3. The van der Waals surface area contributed by atoms with Crippen LogP contribution in [0.15, 0.2) is 42.5 Å². The molecule has 0 spiro atoms. The molecular weight excluding hydrogens is 427 g/mol. The van der Waals surface area contributed by atoms with Crippen molar-refractivity contribution in [2.45, 2.75) is 34.3 Å². The Bertz CT molecular complexity index is 1190. The summed E-state index contributed by atoms with van der Waals surface area (Å²) >= 11 is 0. The minimum absolute atomic E-state index is 0.0956. The van der Waals surface area contributed by atoms with E-state index in [0.29, 0.717) is 23.5 Å². The lowest BCUT2D eigenvalue weighted by Gasteiger charge is -2.18. The number of benzene rings is 3. The molecule has 0 aromatic heterocycles. The maximum Gasteiger partial charge on any atom is 0.347 e. The number of aryl methyl sites for hydroxylation is 1. The molecule has 3 rings (SSSR count). The Kier molecular flexibility index (Phi) is 7.01. The van der Waals surface area contributed by atoms with Crippen LogP contribution < -0.4 is 14.2 Å². The molecule has 0 fully saturated rings. The number of rotatable bonds is 7. The molecule has 0 heterocycles. The minimum Gasteiger partial charge on any atom is -0.496 e. The van der Waals surface area contributed by atoms with Crippen LogP contribution in [0.2, 0.25) is 0 Å². The molecule has 172 valence electrons. The van der Waals surface area contributed by atoms with Crippen molar-refractivity contribution in [2.24, 2.45) is 0 Å². The number of halogens is 1. The second kappa shape index (κ2) is 9.73. The molecule has 0 atom stereocenters. The van der Waals surface area contributed by atoms with Gasteiger partial charge in [0.25, 0.3) is 0 Å². The Balaban J connectivity index is 1.92. The van der Waals surface area contributed by atoms with E-state index in [4.69, 9.17) is 14.2 Å². The molecule has 1 N–H and O–H groups in total. The van der Waals surface area contributed by atoms with Crippen LogP contribution in [-0.2, 0) is 6.61 Å². The number of carboxylic acids is 1. The Morgan fingerprint density at radius 2 is 1.61 bits per heavy atom. The summed E-state index contributed by atoms with van der Waals surface area (Å²) in [6.45, 7) is 6.44. The summed E-state index contributed by atoms with van der Waals surface area (Å²) in [5, 5.41) is 9.39. The summed E-state index contributed by atoms with van der Waals surface area (Å²) in [6, 6.07) is 12.9. The predicted molar refractivity (Wildman–Crippen MR) is 121 cm³/mol. The second-order valence-corrected chi connectivity index (χ2v) is 7.68. The number of carboxylic acid groups (broad SMARTS) is 1. The van der Waals surface area contributed by atoms with Crippen LogP contribution in [0.5, 0.6) is 17.2 Å². The summed E-state index contributed by atoms with van der Waals surface area (Å²) in [5.41, 5.74) is 1.97. The Labute approximate surface area is 191 Å². The second-order valence-electron chi connectivity index (χ2n) is 7.68. The molecule has 0 radical (unpaired) electrons. The molecule has 0 aliphatic carbocycles. The van der Waals surface area contributed by atoms with Crippen LogP contribution in [0, 0.1) is 33.5 Å². The fraction of sp³-hybridized carbons (Fsp3) is 0.231. The van der Waals surface area contributed by atoms with Gasteiger partial charge >= 0.3 is 11.9 Å². The third kappa shape index (κ3) is 4.82. The van der Waals surface area contributed by atoms with E-state index in [9.17, 15) is 19.1 Å². The maximum absolute atomic E-state index is 15.0. The topological polar surface area (TPSA) is 82.1 Å². The van der Waals surface area contributed by atoms with Crippen LogP contribution in [0.25, 0.3) is 0 Å². The lowest BCUT2D eigenvalue weighted by Crippen LogP contribution is -2.16. The van der Waals surface area contributed by atoms with Gasteiger partial charge in [0.15, 0.2) is 11.6 Å². The van der Waals surface area contributed by atoms with E-state index in [-0.39, 0.29) is 33.8 Å². The highest BCUT2D eigenvalue weighted by Gasteiger charge is 2.26. The third-order valence-corrected chi connectivity index (χ3v) is 5.54. The van der Waals surface area contributed by atoms with Gasteiger partial charge in [-0.3, -0.25) is 0 Å². The van der Waals surface area contributed by atoms with E-state index in [1.165, 1.54) is 21.0 Å². The van der Waals surface area contributed by atoms with E-state index in [0.717, 1.165) is 5.56 Å². The van der Waals surface area contributed by atoms with Crippen molar-refractivity contribution < 1.29 is 33.3 Å². The van der Waals surface area contributed by atoms with E-state index < -0.39 is 17.8 Å². The van der Waals surface area contributed by atoms with Gasteiger partial charge in [0.2, 0.25) is 0 Å². The van der Waals surface area contributed by atoms with Crippen molar-refractivity contribution in [3.8, 4) is 17.2 Å². The molecule has 33 heavy (non-hydrogen) atoms. The summed E-state index contributed by atoms with van der Waals surface area (Å²) in [5.74, 6) is -2.52. The molecule has 0 saturated carbocycles. The lowest BCUT2D eigenvalue weighted by molar-refractivity contribution is 0.0694. The highest BCUT2D eigenvalue weighted by atomic mass is 19.1. The van der Waals surface area contributed by atoms with Gasteiger partial charge in [0.05, 0.1) is 12.7 Å². The van der Waals surface area contributed by atoms with Crippen molar-refractivity contribution in [3.63, 3.8) is 0 Å². The van der Waals surface area contributed by atoms with E-state index >= 15 is 0 Å². The Morgan fingerprint density at radius 3 is 2.21 bits per heavy atom. The first kappa shape index (κ1) is 23.8. The molecule has 0 amide bonds. The zero-order valence-corrected chi connectivity index (χ0v) is 19.1. The standard InChI is InChI=1S/C26H25FO6/c1-14-11-19(32-13-18-9-7-6-8-10-18)12-20(31-5)21(14)26(30)33-24-16(3)15(2)22(25(28)29)17(4)23(24)27/h6-12H,13H2,1-5H3,(H,28,29). The van der Waals surface area contributed by atoms with Gasteiger partial charge < -0.3 is 19.3 Å². The zero-order valence-electron chi connectivity index (χ0n) is 19.1. The average molecular weight is 452 g/mol. The van der Waals surface area contributed by atoms with Crippen LogP contribution in [-0.4, -0.2) is 24.2 Å². The number of ether oxygens (including phenoxy) is 3. The first-order valence-corrected chi connectivity index (χ1v) is 10.3. The van der Waals surface area contributed by atoms with Gasteiger partial charge in [-0.15, -0.1) is 0 Å². The number of carbonyl (C=O) groups excluding carboxylic acids is 1. The summed E-state index contributed by atoms with van der Waals surface area (Å²) in [4.78, 5) is 24.5. The van der Waals surface area contributed by atoms with E-state index in [2.05, 4.69) is 0 Å². The van der Waals surface area contributed by atoms with Crippen LogP contribution in [0.4, 0.5) is 4.39 Å². The molecule has 0 unspecified atom stereocenters. The van der Waals surface area contributed by atoms with Crippen molar-refractivity contribution in [1.82, 2.24) is 0 Å². The van der Waals surface area contributed by atoms with Crippen molar-refractivity contribution >= 4 is 11.9 Å². The fourth-order valence-electron chi connectivity index (χ4n) is 3.64. The molecular formula is C26H25FO6. The number of aromatic carboxylic acids is 1. The Hall–Kier alpha value is -3.87. The molecule has 3 aromatic rings. The molecule has 0 bridgehead atoms. The van der Waals surface area contributed by atoms with Crippen LogP contribution in [0.1, 0.15) is 48.5 Å². The quantitative estimate of drug-likeness (QED) is 0.373. The van der Waals surface area contributed by atoms with Crippen LogP contribution in [0.3, 0.4) is 0 Å². The first-order valence-electron chi connectivity index (χ1n) is 10.3. The monoisotopic (exact) mass is 452 g/mol. The molecule has 0 saturated heterocycles. The van der Waals surface area contributed by atoms with Crippen molar-refractivity contribution in [1.29, 1.82) is 0 Å². The van der Waals surface area contributed by atoms with E-state index in [1.807, 2.05) is 30.3 Å². The Morgan fingerprint density at radius 1 is 0.939 bits per heavy atom. The van der Waals surface area contributed by atoms with Gasteiger partial charge in [-0.05, 0) is 56.0 Å². The first-order chi connectivity index (χ1) is 15.6. The highest BCUT2D eigenvalue weighted by molar-refractivity contribution is 5.97. The normalized spacial score (nSPS) is 10.6. The number of hydrogen-bond donors (Lipinski definition) is 1. The van der Waals surface area contributed by atoms with Gasteiger partial charge in [0.1, 0.15) is 23.7 Å². The molecule has 6 nitrogen and oxygen atoms in total. The van der Waals surface area contributed by atoms with Crippen LogP contribution >= 0.6 is 0 Å². The summed E-state index contributed by atoms with van der Waals surface area (Å²) in [6.07, 6.45) is 0.